The summed E-state index contributed by atoms with van der Waals surface area (Å²) in [5.41, 5.74) is -0.552. The van der Waals surface area contributed by atoms with Crippen LogP contribution in [-0.2, 0) is 5.60 Å². The summed E-state index contributed by atoms with van der Waals surface area (Å²) in [5, 5.41) is 10.9. The summed E-state index contributed by atoms with van der Waals surface area (Å²) in [6.07, 6.45) is 1.53. The summed E-state index contributed by atoms with van der Waals surface area (Å²) < 4.78 is 5.20. The second-order valence-corrected chi connectivity index (χ2v) is 3.94. The number of hydrogen-bond donors (Lipinski definition) is 1. The van der Waals surface area contributed by atoms with Gasteiger partial charge < -0.3 is 9.52 Å². The zero-order valence-corrected chi connectivity index (χ0v) is 9.03. The molecule has 0 aliphatic heterocycles. The minimum absolute atomic E-state index is 0.482. The SMILES string of the molecule is CC(O)(c1ccco1)c1ccccc1Cl. The highest BCUT2D eigenvalue weighted by Gasteiger charge is 2.30. The van der Waals surface area contributed by atoms with Gasteiger partial charge in [0.05, 0.1) is 6.26 Å². The Balaban J connectivity index is 2.51. The van der Waals surface area contributed by atoms with Gasteiger partial charge in [0.1, 0.15) is 11.4 Å². The van der Waals surface area contributed by atoms with Gasteiger partial charge in [-0.1, -0.05) is 29.8 Å². The highest BCUT2D eigenvalue weighted by Crippen LogP contribution is 2.33. The van der Waals surface area contributed by atoms with E-state index in [0.717, 1.165) is 0 Å². The van der Waals surface area contributed by atoms with Crippen molar-refractivity contribution < 1.29 is 9.52 Å². The molecule has 0 fully saturated rings. The molecule has 1 heterocycles. The monoisotopic (exact) mass is 222 g/mol. The first-order valence-electron chi connectivity index (χ1n) is 4.64. The topological polar surface area (TPSA) is 33.4 Å². The number of hydrogen-bond acceptors (Lipinski definition) is 2. The molecule has 78 valence electrons. The van der Waals surface area contributed by atoms with Crippen molar-refractivity contribution in [2.75, 3.05) is 0 Å². The van der Waals surface area contributed by atoms with E-state index in [1.54, 1.807) is 31.2 Å². The molecule has 1 N–H and O–H groups in total. The van der Waals surface area contributed by atoms with E-state index in [-0.39, 0.29) is 0 Å². The Bertz CT molecular complexity index is 446. The van der Waals surface area contributed by atoms with E-state index in [4.69, 9.17) is 16.0 Å². The van der Waals surface area contributed by atoms with Crippen LogP contribution in [0.2, 0.25) is 5.02 Å². The third kappa shape index (κ3) is 1.78. The summed E-state index contributed by atoms with van der Waals surface area (Å²) in [6, 6.07) is 10.6. The zero-order chi connectivity index (χ0) is 10.9. The molecule has 2 aromatic rings. The van der Waals surface area contributed by atoms with Crippen molar-refractivity contribution in [3.05, 3.63) is 59.0 Å². The molecule has 0 aliphatic carbocycles. The van der Waals surface area contributed by atoms with Crippen molar-refractivity contribution in [1.82, 2.24) is 0 Å². The average molecular weight is 223 g/mol. The fourth-order valence-corrected chi connectivity index (χ4v) is 1.86. The Morgan fingerprint density at radius 3 is 2.53 bits per heavy atom. The highest BCUT2D eigenvalue weighted by molar-refractivity contribution is 6.31. The quantitative estimate of drug-likeness (QED) is 0.847. The van der Waals surface area contributed by atoms with Gasteiger partial charge in [-0.2, -0.15) is 0 Å². The van der Waals surface area contributed by atoms with Gasteiger partial charge >= 0.3 is 0 Å². The van der Waals surface area contributed by atoms with Gasteiger partial charge in [0.15, 0.2) is 0 Å². The van der Waals surface area contributed by atoms with Crippen molar-refractivity contribution in [2.45, 2.75) is 12.5 Å². The third-order valence-corrected chi connectivity index (χ3v) is 2.73. The van der Waals surface area contributed by atoms with E-state index in [9.17, 15) is 5.11 Å². The van der Waals surface area contributed by atoms with Crippen LogP contribution >= 0.6 is 11.6 Å². The highest BCUT2D eigenvalue weighted by atomic mass is 35.5. The molecular formula is C12H11ClO2. The summed E-state index contributed by atoms with van der Waals surface area (Å²) in [5.74, 6) is 0.482. The van der Waals surface area contributed by atoms with Gasteiger partial charge in [-0.25, -0.2) is 0 Å². The van der Waals surface area contributed by atoms with E-state index >= 15 is 0 Å². The number of furan rings is 1. The smallest absolute Gasteiger partial charge is 0.146 e. The summed E-state index contributed by atoms with van der Waals surface area (Å²) in [6.45, 7) is 1.66. The molecule has 1 aromatic carbocycles. The van der Waals surface area contributed by atoms with E-state index < -0.39 is 5.60 Å². The number of halogens is 1. The van der Waals surface area contributed by atoms with Crippen molar-refractivity contribution in [3.63, 3.8) is 0 Å². The Labute approximate surface area is 93.1 Å². The summed E-state index contributed by atoms with van der Waals surface area (Å²) in [7, 11) is 0. The molecule has 2 rings (SSSR count). The fourth-order valence-electron chi connectivity index (χ4n) is 1.54. The van der Waals surface area contributed by atoms with Crippen LogP contribution in [-0.4, -0.2) is 5.11 Å². The van der Waals surface area contributed by atoms with Crippen molar-refractivity contribution in [2.24, 2.45) is 0 Å². The maximum Gasteiger partial charge on any atom is 0.146 e. The number of rotatable bonds is 2. The third-order valence-electron chi connectivity index (χ3n) is 2.40. The summed E-state index contributed by atoms with van der Waals surface area (Å²) in [4.78, 5) is 0. The number of benzene rings is 1. The first-order chi connectivity index (χ1) is 7.12. The lowest BCUT2D eigenvalue weighted by Crippen LogP contribution is -2.22. The van der Waals surface area contributed by atoms with Crippen molar-refractivity contribution in [1.29, 1.82) is 0 Å². The Morgan fingerprint density at radius 1 is 1.20 bits per heavy atom. The van der Waals surface area contributed by atoms with Gasteiger partial charge in [0.2, 0.25) is 0 Å². The molecule has 0 bridgehead atoms. The van der Waals surface area contributed by atoms with Gasteiger partial charge in [0, 0.05) is 10.6 Å². The minimum atomic E-state index is -1.19. The predicted molar refractivity (Wildman–Crippen MR) is 58.8 cm³/mol. The molecule has 0 radical (unpaired) electrons. The van der Waals surface area contributed by atoms with E-state index in [1.807, 2.05) is 12.1 Å². The number of aliphatic hydroxyl groups is 1. The van der Waals surface area contributed by atoms with Gasteiger partial charge in [-0.3, -0.25) is 0 Å². The van der Waals surface area contributed by atoms with E-state index in [2.05, 4.69) is 0 Å². The second kappa shape index (κ2) is 3.72. The molecule has 1 atom stereocenters. The maximum absolute atomic E-state index is 10.3. The molecule has 0 saturated carbocycles. The largest absolute Gasteiger partial charge is 0.466 e. The molecule has 1 unspecified atom stereocenters. The Kier molecular flexibility index (Phi) is 2.55. The molecule has 0 saturated heterocycles. The van der Waals surface area contributed by atoms with Crippen LogP contribution in [0.3, 0.4) is 0 Å². The normalized spacial score (nSPS) is 14.9. The first-order valence-corrected chi connectivity index (χ1v) is 5.01. The first kappa shape index (κ1) is 10.3. The molecule has 0 spiro atoms. The van der Waals surface area contributed by atoms with Crippen LogP contribution in [0.5, 0.6) is 0 Å². The van der Waals surface area contributed by atoms with Crippen LogP contribution in [0.1, 0.15) is 18.2 Å². The van der Waals surface area contributed by atoms with Crippen LogP contribution < -0.4 is 0 Å². The molecule has 15 heavy (non-hydrogen) atoms. The lowest BCUT2D eigenvalue weighted by atomic mass is 9.93. The molecule has 3 heteroatoms. The maximum atomic E-state index is 10.3. The van der Waals surface area contributed by atoms with E-state index in [1.165, 1.54) is 6.26 Å². The zero-order valence-electron chi connectivity index (χ0n) is 8.27. The predicted octanol–water partition coefficient (Wildman–Crippen LogP) is 3.19. The fraction of sp³-hybridized carbons (Fsp3) is 0.167. The summed E-state index contributed by atoms with van der Waals surface area (Å²) >= 11 is 6.02. The standard InChI is InChI=1S/C12H11ClO2/c1-12(14,11-7-4-8-15-11)9-5-2-3-6-10(9)13/h2-8,14H,1H3. The second-order valence-electron chi connectivity index (χ2n) is 3.53. The minimum Gasteiger partial charge on any atom is -0.466 e. The molecular weight excluding hydrogens is 212 g/mol. The Hall–Kier alpha value is -1.25. The lowest BCUT2D eigenvalue weighted by molar-refractivity contribution is 0.0768. The average Bonchev–Trinajstić information content (AvgIpc) is 2.71. The molecule has 0 amide bonds. The van der Waals surface area contributed by atoms with Crippen LogP contribution in [0, 0.1) is 0 Å². The molecule has 0 aliphatic rings. The molecule has 2 nitrogen and oxygen atoms in total. The van der Waals surface area contributed by atoms with Crippen LogP contribution in [0.15, 0.2) is 47.1 Å². The van der Waals surface area contributed by atoms with Crippen molar-refractivity contribution >= 4 is 11.6 Å². The van der Waals surface area contributed by atoms with Crippen LogP contribution in [0.4, 0.5) is 0 Å². The molecule has 1 aromatic heterocycles. The van der Waals surface area contributed by atoms with Crippen LogP contribution in [0.25, 0.3) is 0 Å². The van der Waals surface area contributed by atoms with E-state index in [0.29, 0.717) is 16.3 Å². The van der Waals surface area contributed by atoms with Gasteiger partial charge in [0.25, 0.3) is 0 Å². The lowest BCUT2D eigenvalue weighted by Gasteiger charge is -2.22. The van der Waals surface area contributed by atoms with Crippen molar-refractivity contribution in [3.8, 4) is 0 Å². The van der Waals surface area contributed by atoms with Gasteiger partial charge in [-0.05, 0) is 25.1 Å². The van der Waals surface area contributed by atoms with Gasteiger partial charge in [-0.15, -0.1) is 0 Å². The Morgan fingerprint density at radius 2 is 1.93 bits per heavy atom.